The Bertz CT molecular complexity index is 553. The predicted octanol–water partition coefficient (Wildman–Crippen LogP) is 0.381. The molecule has 0 aromatic carbocycles. The number of aromatic nitrogens is 3. The van der Waals surface area contributed by atoms with Gasteiger partial charge in [0.25, 0.3) is 0 Å². The molecule has 2 N–H and O–H groups in total. The molecule has 1 aliphatic heterocycles. The molecule has 0 aliphatic carbocycles. The van der Waals surface area contributed by atoms with E-state index < -0.39 is 0 Å². The molecule has 0 spiro atoms. The van der Waals surface area contributed by atoms with Crippen LogP contribution in [0.4, 0.5) is 11.9 Å². The third-order valence-electron chi connectivity index (χ3n) is 4.30. The summed E-state index contributed by atoms with van der Waals surface area (Å²) in [6.07, 6.45) is 1.73. The van der Waals surface area contributed by atoms with Crippen LogP contribution in [0.3, 0.4) is 0 Å². The van der Waals surface area contributed by atoms with Crippen molar-refractivity contribution < 1.29 is 4.79 Å². The van der Waals surface area contributed by atoms with Crippen molar-refractivity contribution in [2.24, 2.45) is 5.92 Å². The van der Waals surface area contributed by atoms with Crippen LogP contribution in [-0.2, 0) is 4.79 Å². The molecule has 128 valence electrons. The van der Waals surface area contributed by atoms with E-state index in [1.54, 1.807) is 4.90 Å². The maximum absolute atomic E-state index is 12.1. The van der Waals surface area contributed by atoms with E-state index in [1.165, 1.54) is 0 Å². The molecule has 23 heavy (non-hydrogen) atoms. The Morgan fingerprint density at radius 2 is 1.78 bits per heavy atom. The normalized spacial score (nSPS) is 17.8. The second-order valence-electron chi connectivity index (χ2n) is 6.47. The number of hydrogen-bond donors (Lipinski definition) is 1. The van der Waals surface area contributed by atoms with Crippen LogP contribution in [0.15, 0.2) is 0 Å². The van der Waals surface area contributed by atoms with E-state index in [0.29, 0.717) is 11.8 Å². The summed E-state index contributed by atoms with van der Waals surface area (Å²) in [4.78, 5) is 30.8. The average molecular weight is 321 g/mol. The molecule has 2 heterocycles. The summed E-state index contributed by atoms with van der Waals surface area (Å²) < 4.78 is 0. The van der Waals surface area contributed by atoms with Crippen molar-refractivity contribution in [2.75, 3.05) is 51.9 Å². The van der Waals surface area contributed by atoms with E-state index in [-0.39, 0.29) is 23.8 Å². The molecule has 0 saturated carbocycles. The molecule has 1 aromatic rings. The molecule has 0 bridgehead atoms. The molecular formula is C15H27N7O. The largest absolute Gasteiger partial charge is 0.368 e. The summed E-state index contributed by atoms with van der Waals surface area (Å²) in [7, 11) is 7.38. The molecule has 1 unspecified atom stereocenters. The van der Waals surface area contributed by atoms with Gasteiger partial charge in [-0.05, 0) is 32.9 Å². The fourth-order valence-electron chi connectivity index (χ4n) is 2.85. The smallest absolute Gasteiger partial charge is 0.229 e. The van der Waals surface area contributed by atoms with Gasteiger partial charge in [-0.1, -0.05) is 0 Å². The van der Waals surface area contributed by atoms with Crippen molar-refractivity contribution in [1.29, 1.82) is 0 Å². The Balaban J connectivity index is 2.05. The van der Waals surface area contributed by atoms with Gasteiger partial charge in [0.15, 0.2) is 5.82 Å². The van der Waals surface area contributed by atoms with Crippen LogP contribution in [0.5, 0.6) is 0 Å². The Morgan fingerprint density at radius 3 is 2.30 bits per heavy atom. The van der Waals surface area contributed by atoms with Crippen molar-refractivity contribution >= 4 is 17.8 Å². The van der Waals surface area contributed by atoms with E-state index in [1.807, 2.05) is 33.1 Å². The average Bonchev–Trinajstić information content (AvgIpc) is 2.52. The first-order valence-corrected chi connectivity index (χ1v) is 7.93. The summed E-state index contributed by atoms with van der Waals surface area (Å²) in [5.41, 5.74) is 5.80. The SMILES string of the molecule is CC(c1nc(N)nc(N(C)C)n1)N1CCC(C(=O)N(C)C)CC1. The third-order valence-corrected chi connectivity index (χ3v) is 4.30. The van der Waals surface area contributed by atoms with Gasteiger partial charge in [-0.15, -0.1) is 0 Å². The van der Waals surface area contributed by atoms with E-state index in [4.69, 9.17) is 5.73 Å². The number of likely N-dealkylation sites (tertiary alicyclic amines) is 1. The van der Waals surface area contributed by atoms with E-state index in [9.17, 15) is 4.79 Å². The lowest BCUT2D eigenvalue weighted by Gasteiger charge is -2.35. The highest BCUT2D eigenvalue weighted by molar-refractivity contribution is 5.78. The fourth-order valence-corrected chi connectivity index (χ4v) is 2.85. The third kappa shape index (κ3) is 4.07. The quantitative estimate of drug-likeness (QED) is 0.857. The van der Waals surface area contributed by atoms with E-state index in [0.717, 1.165) is 25.9 Å². The molecule has 1 aliphatic rings. The minimum atomic E-state index is 0.0504. The highest BCUT2D eigenvalue weighted by Gasteiger charge is 2.29. The summed E-state index contributed by atoms with van der Waals surface area (Å²) in [6.45, 7) is 3.78. The lowest BCUT2D eigenvalue weighted by Crippen LogP contribution is -2.41. The van der Waals surface area contributed by atoms with Crippen LogP contribution < -0.4 is 10.6 Å². The topological polar surface area (TPSA) is 91.5 Å². The number of hydrogen-bond acceptors (Lipinski definition) is 7. The maximum Gasteiger partial charge on any atom is 0.229 e. The predicted molar refractivity (Wildman–Crippen MR) is 90.0 cm³/mol. The monoisotopic (exact) mass is 321 g/mol. The summed E-state index contributed by atoms with van der Waals surface area (Å²) in [5, 5.41) is 0. The van der Waals surface area contributed by atoms with Crippen molar-refractivity contribution in [3.05, 3.63) is 5.82 Å². The standard InChI is InChI=1S/C15H27N7O/c1-10(12-17-14(16)19-15(18-12)21(4)5)22-8-6-11(7-9-22)13(23)20(2)3/h10-11H,6-9H2,1-5H3,(H2,16,17,18,19). The van der Waals surface area contributed by atoms with Crippen LogP contribution in [-0.4, -0.2) is 71.9 Å². The number of piperidine rings is 1. The number of amides is 1. The number of carbonyl (C=O) groups is 1. The molecule has 1 fully saturated rings. The summed E-state index contributed by atoms with van der Waals surface area (Å²) >= 11 is 0. The maximum atomic E-state index is 12.1. The zero-order valence-electron chi connectivity index (χ0n) is 14.7. The number of anilines is 2. The lowest BCUT2D eigenvalue weighted by molar-refractivity contribution is -0.134. The van der Waals surface area contributed by atoms with Gasteiger partial charge in [-0.2, -0.15) is 15.0 Å². The molecular weight excluding hydrogens is 294 g/mol. The van der Waals surface area contributed by atoms with Crippen LogP contribution in [0.1, 0.15) is 31.6 Å². The highest BCUT2D eigenvalue weighted by atomic mass is 16.2. The molecule has 8 heteroatoms. The molecule has 1 aromatic heterocycles. The first-order chi connectivity index (χ1) is 10.8. The van der Waals surface area contributed by atoms with Crippen LogP contribution in [0.25, 0.3) is 0 Å². The minimum Gasteiger partial charge on any atom is -0.368 e. The molecule has 1 saturated heterocycles. The zero-order valence-corrected chi connectivity index (χ0v) is 14.7. The number of carbonyl (C=O) groups excluding carboxylic acids is 1. The Kier molecular flexibility index (Phi) is 5.35. The van der Waals surface area contributed by atoms with Crippen molar-refractivity contribution in [2.45, 2.75) is 25.8 Å². The lowest BCUT2D eigenvalue weighted by atomic mass is 9.94. The van der Waals surface area contributed by atoms with Crippen LogP contribution in [0, 0.1) is 5.92 Å². The van der Waals surface area contributed by atoms with Gasteiger partial charge in [-0.25, -0.2) is 0 Å². The first-order valence-electron chi connectivity index (χ1n) is 7.93. The highest BCUT2D eigenvalue weighted by Crippen LogP contribution is 2.26. The van der Waals surface area contributed by atoms with Gasteiger partial charge in [0.05, 0.1) is 6.04 Å². The van der Waals surface area contributed by atoms with Crippen LogP contribution in [0.2, 0.25) is 0 Å². The van der Waals surface area contributed by atoms with E-state index in [2.05, 4.69) is 26.8 Å². The first kappa shape index (κ1) is 17.4. The minimum absolute atomic E-state index is 0.0504. The van der Waals surface area contributed by atoms with Gasteiger partial charge in [0.1, 0.15) is 0 Å². The number of nitrogens with zero attached hydrogens (tertiary/aromatic N) is 6. The zero-order chi connectivity index (χ0) is 17.1. The number of nitrogen functional groups attached to an aromatic ring is 1. The second kappa shape index (κ2) is 7.08. The molecule has 8 nitrogen and oxygen atoms in total. The molecule has 1 amide bonds. The van der Waals surface area contributed by atoms with Gasteiger partial charge in [0, 0.05) is 34.1 Å². The van der Waals surface area contributed by atoms with Gasteiger partial charge in [0.2, 0.25) is 17.8 Å². The number of rotatable bonds is 4. The van der Waals surface area contributed by atoms with E-state index >= 15 is 0 Å². The van der Waals surface area contributed by atoms with Gasteiger partial charge in [-0.3, -0.25) is 9.69 Å². The molecule has 0 radical (unpaired) electrons. The van der Waals surface area contributed by atoms with Gasteiger partial charge < -0.3 is 15.5 Å². The summed E-state index contributed by atoms with van der Waals surface area (Å²) in [6, 6.07) is 0.0504. The van der Waals surface area contributed by atoms with Crippen LogP contribution >= 0.6 is 0 Å². The Labute approximate surface area is 137 Å². The number of nitrogens with two attached hydrogens (primary N) is 1. The Morgan fingerprint density at radius 1 is 1.17 bits per heavy atom. The Hall–Kier alpha value is -1.96. The van der Waals surface area contributed by atoms with Crippen molar-refractivity contribution in [3.63, 3.8) is 0 Å². The van der Waals surface area contributed by atoms with Crippen molar-refractivity contribution in [1.82, 2.24) is 24.8 Å². The fraction of sp³-hybridized carbons (Fsp3) is 0.733. The summed E-state index contributed by atoms with van der Waals surface area (Å²) in [5.74, 6) is 1.82. The molecule has 1 atom stereocenters. The van der Waals surface area contributed by atoms with Crippen molar-refractivity contribution in [3.8, 4) is 0 Å². The van der Waals surface area contributed by atoms with Gasteiger partial charge >= 0.3 is 0 Å². The second-order valence-corrected chi connectivity index (χ2v) is 6.47. The molecule has 2 rings (SSSR count).